The van der Waals surface area contributed by atoms with Crippen LogP contribution in [-0.4, -0.2) is 12.1 Å². The van der Waals surface area contributed by atoms with Crippen LogP contribution >= 0.6 is 12.2 Å². The lowest BCUT2D eigenvalue weighted by atomic mass is 10.1. The van der Waals surface area contributed by atoms with Crippen LogP contribution in [0.1, 0.15) is 5.56 Å². The molecule has 15 heavy (non-hydrogen) atoms. The van der Waals surface area contributed by atoms with Crippen molar-refractivity contribution in [3.63, 3.8) is 0 Å². The number of nitrogens with two attached hydrogens (primary N) is 1. The maximum absolute atomic E-state index is 8.77. The van der Waals surface area contributed by atoms with Crippen molar-refractivity contribution in [3.05, 3.63) is 35.4 Å². The van der Waals surface area contributed by atoms with Crippen LogP contribution in [0.5, 0.6) is 5.75 Å². The molecule has 0 amide bonds. The molecule has 1 aromatic rings. The van der Waals surface area contributed by atoms with Crippen molar-refractivity contribution in [3.8, 4) is 11.8 Å². The van der Waals surface area contributed by atoms with Gasteiger partial charge in [-0.25, -0.2) is 0 Å². The minimum atomic E-state index is 0.0975. The van der Waals surface area contributed by atoms with Crippen LogP contribution in [0.2, 0.25) is 0 Å². The lowest BCUT2D eigenvalue weighted by Gasteiger charge is -2.00. The fourth-order valence-electron chi connectivity index (χ4n) is 1.06. The Bertz CT molecular complexity index is 446. The van der Waals surface area contributed by atoms with Gasteiger partial charge in [0.25, 0.3) is 0 Å². The number of thiocarbonyl (C=S) groups is 1. The van der Waals surface area contributed by atoms with Crippen LogP contribution in [-0.2, 0) is 0 Å². The van der Waals surface area contributed by atoms with E-state index in [1.54, 1.807) is 19.3 Å². The topological polar surface area (TPSA) is 59.0 Å². The van der Waals surface area contributed by atoms with Crippen molar-refractivity contribution >= 4 is 23.3 Å². The van der Waals surface area contributed by atoms with Gasteiger partial charge in [0, 0.05) is 0 Å². The summed E-state index contributed by atoms with van der Waals surface area (Å²) in [5, 5.41) is 8.77. The van der Waals surface area contributed by atoms with Crippen LogP contribution in [0.25, 0.3) is 6.08 Å². The first kappa shape index (κ1) is 11.2. The van der Waals surface area contributed by atoms with Crippen molar-refractivity contribution in [1.29, 1.82) is 5.26 Å². The van der Waals surface area contributed by atoms with E-state index in [0.29, 0.717) is 5.57 Å². The second kappa shape index (κ2) is 5.13. The van der Waals surface area contributed by atoms with Gasteiger partial charge in [-0.05, 0) is 23.8 Å². The largest absolute Gasteiger partial charge is 0.497 e. The zero-order valence-electron chi connectivity index (χ0n) is 8.23. The number of hydrogen-bond acceptors (Lipinski definition) is 3. The van der Waals surface area contributed by atoms with Gasteiger partial charge in [-0.2, -0.15) is 5.26 Å². The molecule has 0 heterocycles. The summed E-state index contributed by atoms with van der Waals surface area (Å²) in [4.78, 5) is 0.0975. The predicted octanol–water partition coefficient (Wildman–Crippen LogP) is 1.89. The summed E-state index contributed by atoms with van der Waals surface area (Å²) in [6.07, 6.45) is 1.63. The molecule has 0 aromatic heterocycles. The molecule has 0 saturated heterocycles. The smallest absolute Gasteiger partial charge is 0.119 e. The molecule has 76 valence electrons. The molecule has 0 radical (unpaired) electrons. The fourth-order valence-corrected chi connectivity index (χ4v) is 1.16. The minimum Gasteiger partial charge on any atom is -0.497 e. The lowest BCUT2D eigenvalue weighted by molar-refractivity contribution is 0.414. The van der Waals surface area contributed by atoms with Gasteiger partial charge >= 0.3 is 0 Å². The number of nitrogens with zero attached hydrogens (tertiary/aromatic N) is 1. The summed E-state index contributed by atoms with van der Waals surface area (Å²) in [5.74, 6) is 0.726. The average Bonchev–Trinajstić information content (AvgIpc) is 2.25. The SMILES string of the molecule is COc1cccc(C=C(C#N)C(N)=S)c1. The van der Waals surface area contributed by atoms with Crippen molar-refractivity contribution in [2.24, 2.45) is 5.73 Å². The van der Waals surface area contributed by atoms with Crippen molar-refractivity contribution in [2.45, 2.75) is 0 Å². The highest BCUT2D eigenvalue weighted by molar-refractivity contribution is 7.80. The highest BCUT2D eigenvalue weighted by Crippen LogP contribution is 2.15. The van der Waals surface area contributed by atoms with Crippen molar-refractivity contribution < 1.29 is 4.74 Å². The van der Waals surface area contributed by atoms with Crippen LogP contribution in [0.4, 0.5) is 0 Å². The summed E-state index contributed by atoms with van der Waals surface area (Å²) < 4.78 is 5.05. The van der Waals surface area contributed by atoms with E-state index in [1.807, 2.05) is 24.3 Å². The van der Waals surface area contributed by atoms with Gasteiger partial charge in [-0.1, -0.05) is 24.4 Å². The van der Waals surface area contributed by atoms with Crippen molar-refractivity contribution in [2.75, 3.05) is 7.11 Å². The standard InChI is InChI=1S/C11H10N2OS/c1-14-10-4-2-3-8(6-10)5-9(7-12)11(13)15/h2-6H,1H3,(H2,13,15). The molecule has 0 unspecified atom stereocenters. The number of benzene rings is 1. The minimum absolute atomic E-state index is 0.0975. The first-order chi connectivity index (χ1) is 7.17. The first-order valence-electron chi connectivity index (χ1n) is 4.23. The zero-order valence-corrected chi connectivity index (χ0v) is 9.04. The molecule has 4 heteroatoms. The molecule has 0 aliphatic carbocycles. The molecular weight excluding hydrogens is 208 g/mol. The molecule has 0 aliphatic heterocycles. The third kappa shape index (κ3) is 3.08. The molecular formula is C11H10N2OS. The Balaban J connectivity index is 3.07. The molecule has 2 N–H and O–H groups in total. The highest BCUT2D eigenvalue weighted by atomic mass is 32.1. The normalized spacial score (nSPS) is 10.5. The van der Waals surface area contributed by atoms with Gasteiger partial charge in [0.2, 0.25) is 0 Å². The number of rotatable bonds is 3. The fraction of sp³-hybridized carbons (Fsp3) is 0.0909. The summed E-state index contributed by atoms with van der Waals surface area (Å²) in [6.45, 7) is 0. The molecule has 1 aromatic carbocycles. The highest BCUT2D eigenvalue weighted by Gasteiger charge is 1.99. The van der Waals surface area contributed by atoms with E-state index in [4.69, 9.17) is 28.0 Å². The van der Waals surface area contributed by atoms with Gasteiger partial charge in [0.15, 0.2) is 0 Å². The number of methoxy groups -OCH3 is 1. The Hall–Kier alpha value is -1.86. The Morgan fingerprint density at radius 2 is 2.33 bits per heavy atom. The molecule has 0 saturated carbocycles. The predicted molar refractivity (Wildman–Crippen MR) is 63.4 cm³/mol. The Labute approximate surface area is 93.8 Å². The van der Waals surface area contributed by atoms with Gasteiger partial charge in [-0.15, -0.1) is 0 Å². The van der Waals surface area contributed by atoms with Gasteiger partial charge in [0.1, 0.15) is 16.8 Å². The maximum atomic E-state index is 8.77. The maximum Gasteiger partial charge on any atom is 0.119 e. The molecule has 3 nitrogen and oxygen atoms in total. The Morgan fingerprint density at radius 3 is 2.87 bits per heavy atom. The average molecular weight is 218 g/mol. The summed E-state index contributed by atoms with van der Waals surface area (Å²) in [5.41, 5.74) is 6.50. The second-order valence-corrected chi connectivity index (χ2v) is 3.25. The second-order valence-electron chi connectivity index (χ2n) is 2.81. The molecule has 0 spiro atoms. The summed E-state index contributed by atoms with van der Waals surface area (Å²) in [7, 11) is 1.58. The molecule has 0 fully saturated rings. The van der Waals surface area contributed by atoms with E-state index in [0.717, 1.165) is 11.3 Å². The number of hydrogen-bond donors (Lipinski definition) is 1. The van der Waals surface area contributed by atoms with E-state index in [-0.39, 0.29) is 4.99 Å². The Kier molecular flexibility index (Phi) is 3.83. The number of nitriles is 1. The summed E-state index contributed by atoms with van der Waals surface area (Å²) in [6, 6.07) is 9.24. The molecule has 0 aliphatic rings. The quantitative estimate of drug-likeness (QED) is 0.478. The number of ether oxygens (including phenoxy) is 1. The van der Waals surface area contributed by atoms with Crippen LogP contribution in [0, 0.1) is 11.3 Å². The van der Waals surface area contributed by atoms with Crippen LogP contribution in [0.3, 0.4) is 0 Å². The van der Waals surface area contributed by atoms with E-state index in [2.05, 4.69) is 0 Å². The Morgan fingerprint density at radius 1 is 1.60 bits per heavy atom. The molecule has 0 atom stereocenters. The lowest BCUT2D eigenvalue weighted by Crippen LogP contribution is -2.09. The van der Waals surface area contributed by atoms with E-state index in [1.165, 1.54) is 0 Å². The van der Waals surface area contributed by atoms with Crippen LogP contribution in [0.15, 0.2) is 29.8 Å². The third-order valence-electron chi connectivity index (χ3n) is 1.79. The monoisotopic (exact) mass is 218 g/mol. The third-order valence-corrected chi connectivity index (χ3v) is 2.01. The van der Waals surface area contributed by atoms with Gasteiger partial charge in [-0.3, -0.25) is 0 Å². The van der Waals surface area contributed by atoms with E-state index in [9.17, 15) is 0 Å². The van der Waals surface area contributed by atoms with E-state index >= 15 is 0 Å². The van der Waals surface area contributed by atoms with E-state index < -0.39 is 0 Å². The first-order valence-corrected chi connectivity index (χ1v) is 4.64. The summed E-state index contributed by atoms with van der Waals surface area (Å²) >= 11 is 4.73. The molecule has 0 bridgehead atoms. The zero-order chi connectivity index (χ0) is 11.3. The molecule has 1 rings (SSSR count). The van der Waals surface area contributed by atoms with Gasteiger partial charge in [0.05, 0.1) is 12.7 Å². The van der Waals surface area contributed by atoms with Gasteiger partial charge < -0.3 is 10.5 Å². The van der Waals surface area contributed by atoms with Crippen molar-refractivity contribution in [1.82, 2.24) is 0 Å². The van der Waals surface area contributed by atoms with Crippen LogP contribution < -0.4 is 10.5 Å².